The highest BCUT2D eigenvalue weighted by Gasteiger charge is 2.20. The Labute approximate surface area is 116 Å². The molecule has 0 bridgehead atoms. The Morgan fingerprint density at radius 3 is 2.65 bits per heavy atom. The fourth-order valence-electron chi connectivity index (χ4n) is 2.22. The number of carbonyl (C=O) groups excluding carboxylic acids is 1. The average Bonchev–Trinajstić information content (AvgIpc) is 2.47. The van der Waals surface area contributed by atoms with Crippen molar-refractivity contribution in [3.05, 3.63) is 54.6 Å². The lowest BCUT2D eigenvalue weighted by Crippen LogP contribution is -2.11. The molecule has 4 nitrogen and oxygen atoms in total. The standard InChI is InChI=1S/C16H13NO3/c1-10-12-5-3-4-6-13(12)14-8-7-11(9-15(14)20-10)17-16(18)19-2/h3-9H,1H2,2H3,(H,17,18). The zero-order chi connectivity index (χ0) is 14.1. The van der Waals surface area contributed by atoms with Crippen LogP contribution in [0.25, 0.3) is 16.9 Å². The maximum absolute atomic E-state index is 11.2. The van der Waals surface area contributed by atoms with E-state index in [9.17, 15) is 4.79 Å². The number of anilines is 1. The van der Waals surface area contributed by atoms with E-state index in [1.807, 2.05) is 36.4 Å². The second-order valence-electron chi connectivity index (χ2n) is 4.40. The maximum Gasteiger partial charge on any atom is 0.411 e. The second-order valence-corrected chi connectivity index (χ2v) is 4.40. The van der Waals surface area contributed by atoms with E-state index in [4.69, 9.17) is 4.74 Å². The van der Waals surface area contributed by atoms with E-state index >= 15 is 0 Å². The molecule has 0 fully saturated rings. The number of rotatable bonds is 1. The summed E-state index contributed by atoms with van der Waals surface area (Å²) in [4.78, 5) is 11.2. The molecule has 1 amide bonds. The highest BCUT2D eigenvalue weighted by Crippen LogP contribution is 2.42. The lowest BCUT2D eigenvalue weighted by Gasteiger charge is -2.22. The Balaban J connectivity index is 2.04. The summed E-state index contributed by atoms with van der Waals surface area (Å²) in [5.74, 6) is 1.27. The fourth-order valence-corrected chi connectivity index (χ4v) is 2.22. The van der Waals surface area contributed by atoms with Crippen molar-refractivity contribution in [3.63, 3.8) is 0 Å². The van der Waals surface area contributed by atoms with Crippen LogP contribution in [-0.2, 0) is 4.74 Å². The minimum atomic E-state index is -0.514. The molecule has 1 aliphatic rings. The van der Waals surface area contributed by atoms with Gasteiger partial charge in [-0.2, -0.15) is 0 Å². The largest absolute Gasteiger partial charge is 0.457 e. The third-order valence-corrected chi connectivity index (χ3v) is 3.16. The first-order valence-corrected chi connectivity index (χ1v) is 6.14. The summed E-state index contributed by atoms with van der Waals surface area (Å²) in [5, 5.41) is 2.61. The summed E-state index contributed by atoms with van der Waals surface area (Å²) >= 11 is 0. The van der Waals surface area contributed by atoms with Crippen LogP contribution < -0.4 is 10.1 Å². The molecule has 0 atom stereocenters. The van der Waals surface area contributed by atoms with Crippen LogP contribution in [0.15, 0.2) is 49.0 Å². The van der Waals surface area contributed by atoms with Crippen molar-refractivity contribution >= 4 is 17.5 Å². The van der Waals surface area contributed by atoms with Crippen molar-refractivity contribution in [3.8, 4) is 16.9 Å². The van der Waals surface area contributed by atoms with E-state index in [1.165, 1.54) is 7.11 Å². The van der Waals surface area contributed by atoms with Crippen LogP contribution in [0, 0.1) is 0 Å². The molecule has 0 spiro atoms. The lowest BCUT2D eigenvalue weighted by atomic mass is 9.95. The van der Waals surface area contributed by atoms with E-state index in [1.54, 1.807) is 6.07 Å². The van der Waals surface area contributed by atoms with Crippen molar-refractivity contribution in [2.24, 2.45) is 0 Å². The zero-order valence-corrected chi connectivity index (χ0v) is 11.0. The van der Waals surface area contributed by atoms with E-state index in [-0.39, 0.29) is 0 Å². The van der Waals surface area contributed by atoms with Crippen molar-refractivity contribution in [2.45, 2.75) is 0 Å². The predicted molar refractivity (Wildman–Crippen MR) is 77.6 cm³/mol. The van der Waals surface area contributed by atoms with Crippen LogP contribution >= 0.6 is 0 Å². The van der Waals surface area contributed by atoms with Crippen LogP contribution in [0.1, 0.15) is 5.56 Å². The summed E-state index contributed by atoms with van der Waals surface area (Å²) in [6.07, 6.45) is -0.514. The van der Waals surface area contributed by atoms with Gasteiger partial charge in [-0.15, -0.1) is 0 Å². The Hall–Kier alpha value is -2.75. The zero-order valence-electron chi connectivity index (χ0n) is 11.0. The average molecular weight is 267 g/mol. The van der Waals surface area contributed by atoms with Crippen molar-refractivity contribution < 1.29 is 14.3 Å². The van der Waals surface area contributed by atoms with Gasteiger partial charge in [-0.1, -0.05) is 30.8 Å². The minimum absolute atomic E-state index is 0.514. The van der Waals surface area contributed by atoms with Crippen molar-refractivity contribution in [1.29, 1.82) is 0 Å². The summed E-state index contributed by atoms with van der Waals surface area (Å²) < 4.78 is 10.3. The molecule has 0 aromatic heterocycles. The van der Waals surface area contributed by atoms with Gasteiger partial charge in [-0.05, 0) is 17.7 Å². The van der Waals surface area contributed by atoms with Crippen LogP contribution in [0.3, 0.4) is 0 Å². The number of hydrogen-bond donors (Lipinski definition) is 1. The van der Waals surface area contributed by atoms with Gasteiger partial charge in [0.25, 0.3) is 0 Å². The van der Waals surface area contributed by atoms with Crippen LogP contribution in [-0.4, -0.2) is 13.2 Å². The number of amides is 1. The molecule has 100 valence electrons. The summed E-state index contributed by atoms with van der Waals surface area (Å²) in [7, 11) is 1.32. The molecule has 2 aromatic rings. The molecule has 1 heterocycles. The van der Waals surface area contributed by atoms with Gasteiger partial charge in [0.05, 0.1) is 7.11 Å². The molecule has 0 aliphatic carbocycles. The number of benzene rings is 2. The molecule has 1 N–H and O–H groups in total. The van der Waals surface area contributed by atoms with E-state index in [2.05, 4.69) is 16.6 Å². The summed E-state index contributed by atoms with van der Waals surface area (Å²) in [5.41, 5.74) is 3.64. The van der Waals surface area contributed by atoms with Gasteiger partial charge in [0, 0.05) is 22.9 Å². The SMILES string of the molecule is C=C1Oc2cc(NC(=O)OC)ccc2-c2ccccc21. The van der Waals surface area contributed by atoms with Crippen molar-refractivity contribution in [2.75, 3.05) is 12.4 Å². The van der Waals surface area contributed by atoms with Crippen molar-refractivity contribution in [1.82, 2.24) is 0 Å². The van der Waals surface area contributed by atoms with Crippen LogP contribution in [0.4, 0.5) is 10.5 Å². The molecule has 0 radical (unpaired) electrons. The first-order chi connectivity index (χ1) is 9.69. The van der Waals surface area contributed by atoms with Crippen LogP contribution in [0.2, 0.25) is 0 Å². The normalized spacial score (nSPS) is 11.9. The number of hydrogen-bond acceptors (Lipinski definition) is 3. The number of carbonyl (C=O) groups is 1. The Kier molecular flexibility index (Phi) is 2.91. The molecule has 20 heavy (non-hydrogen) atoms. The van der Waals surface area contributed by atoms with Gasteiger partial charge in [-0.25, -0.2) is 4.79 Å². The minimum Gasteiger partial charge on any atom is -0.457 e. The number of ether oxygens (including phenoxy) is 2. The Morgan fingerprint density at radius 1 is 1.15 bits per heavy atom. The molecule has 3 rings (SSSR count). The molecule has 1 aliphatic heterocycles. The topological polar surface area (TPSA) is 47.6 Å². The van der Waals surface area contributed by atoms with Gasteiger partial charge in [0.15, 0.2) is 0 Å². The third-order valence-electron chi connectivity index (χ3n) is 3.16. The van der Waals surface area contributed by atoms with E-state index < -0.39 is 6.09 Å². The molecule has 2 aromatic carbocycles. The molecular weight excluding hydrogens is 254 g/mol. The third kappa shape index (κ3) is 2.01. The lowest BCUT2D eigenvalue weighted by molar-refractivity contribution is 0.187. The molecular formula is C16H13NO3. The van der Waals surface area contributed by atoms with Gasteiger partial charge in [0.1, 0.15) is 11.5 Å². The predicted octanol–water partition coefficient (Wildman–Crippen LogP) is 3.90. The molecule has 0 unspecified atom stereocenters. The molecule has 0 saturated carbocycles. The van der Waals surface area contributed by atoms with Gasteiger partial charge >= 0.3 is 6.09 Å². The monoisotopic (exact) mass is 267 g/mol. The van der Waals surface area contributed by atoms with Gasteiger partial charge < -0.3 is 9.47 Å². The highest BCUT2D eigenvalue weighted by atomic mass is 16.5. The first-order valence-electron chi connectivity index (χ1n) is 6.14. The smallest absolute Gasteiger partial charge is 0.411 e. The highest BCUT2D eigenvalue weighted by molar-refractivity contribution is 5.90. The maximum atomic E-state index is 11.2. The van der Waals surface area contributed by atoms with Gasteiger partial charge in [-0.3, -0.25) is 5.32 Å². The number of nitrogens with one attached hydrogen (secondary N) is 1. The Morgan fingerprint density at radius 2 is 1.90 bits per heavy atom. The van der Waals surface area contributed by atoms with E-state index in [0.717, 1.165) is 16.7 Å². The first kappa shape index (κ1) is 12.3. The Bertz CT molecular complexity index is 707. The van der Waals surface area contributed by atoms with Gasteiger partial charge in [0.2, 0.25) is 0 Å². The summed E-state index contributed by atoms with van der Waals surface area (Å²) in [6, 6.07) is 13.4. The fraction of sp³-hybridized carbons (Fsp3) is 0.0625. The quantitative estimate of drug-likeness (QED) is 0.852. The number of fused-ring (bicyclic) bond motifs is 3. The molecule has 0 saturated heterocycles. The second kappa shape index (κ2) is 4.74. The van der Waals surface area contributed by atoms with Crippen LogP contribution in [0.5, 0.6) is 5.75 Å². The molecule has 4 heteroatoms. The van der Waals surface area contributed by atoms with E-state index in [0.29, 0.717) is 17.2 Å². The number of methoxy groups -OCH3 is 1. The summed E-state index contributed by atoms with van der Waals surface area (Å²) in [6.45, 7) is 3.93.